The fraction of sp³-hybridized carbons (Fsp3) is 0.222. The highest BCUT2D eigenvalue weighted by molar-refractivity contribution is 7.98. The molecule has 0 aromatic carbocycles. The first-order valence-electron chi connectivity index (χ1n) is 4.34. The second kappa shape index (κ2) is 4.17. The standard InChI is InChI=1S/C9H7F2N3OS/c1-16-9-12-3-4-2-5(7(10)11)13-8(15)6(4)14-9/h2-3,7H,1H3,(H,13,15). The SMILES string of the molecule is CSc1ncc2cc(C(F)F)[nH]c(=O)c2n1. The van der Waals surface area contributed by atoms with E-state index in [2.05, 4.69) is 15.0 Å². The van der Waals surface area contributed by atoms with E-state index in [0.29, 0.717) is 10.5 Å². The molecule has 0 amide bonds. The van der Waals surface area contributed by atoms with Crippen molar-refractivity contribution in [1.29, 1.82) is 0 Å². The van der Waals surface area contributed by atoms with Gasteiger partial charge in [-0.3, -0.25) is 4.79 Å². The van der Waals surface area contributed by atoms with Crippen molar-refractivity contribution < 1.29 is 8.78 Å². The van der Waals surface area contributed by atoms with Crippen molar-refractivity contribution in [2.24, 2.45) is 0 Å². The number of fused-ring (bicyclic) bond motifs is 1. The Morgan fingerprint density at radius 2 is 2.25 bits per heavy atom. The van der Waals surface area contributed by atoms with Gasteiger partial charge in [0.05, 0.1) is 5.69 Å². The van der Waals surface area contributed by atoms with E-state index < -0.39 is 17.7 Å². The highest BCUT2D eigenvalue weighted by atomic mass is 32.2. The smallest absolute Gasteiger partial charge is 0.278 e. The van der Waals surface area contributed by atoms with Gasteiger partial charge in [-0.2, -0.15) is 0 Å². The Balaban J connectivity index is 2.71. The minimum Gasteiger partial charge on any atom is -0.319 e. The van der Waals surface area contributed by atoms with Gasteiger partial charge in [0.1, 0.15) is 5.52 Å². The van der Waals surface area contributed by atoms with Crippen molar-refractivity contribution in [2.75, 3.05) is 6.26 Å². The maximum absolute atomic E-state index is 12.4. The fourth-order valence-electron chi connectivity index (χ4n) is 1.27. The first kappa shape index (κ1) is 11.0. The lowest BCUT2D eigenvalue weighted by molar-refractivity contribution is 0.146. The van der Waals surface area contributed by atoms with Crippen molar-refractivity contribution in [3.8, 4) is 0 Å². The molecule has 0 spiro atoms. The third-order valence-electron chi connectivity index (χ3n) is 2.00. The van der Waals surface area contributed by atoms with Crippen LogP contribution in [0, 0.1) is 0 Å². The van der Waals surface area contributed by atoms with Crippen LogP contribution in [0.4, 0.5) is 8.78 Å². The molecular weight excluding hydrogens is 236 g/mol. The second-order valence-electron chi connectivity index (χ2n) is 3.02. The average molecular weight is 243 g/mol. The number of hydrogen-bond donors (Lipinski definition) is 1. The number of thioether (sulfide) groups is 1. The fourth-order valence-corrected chi connectivity index (χ4v) is 1.61. The molecule has 0 fully saturated rings. The van der Waals surface area contributed by atoms with Crippen molar-refractivity contribution in [2.45, 2.75) is 11.6 Å². The summed E-state index contributed by atoms with van der Waals surface area (Å²) in [6.45, 7) is 0. The Labute approximate surface area is 93.1 Å². The lowest BCUT2D eigenvalue weighted by Crippen LogP contribution is -2.11. The van der Waals surface area contributed by atoms with Crippen molar-refractivity contribution in [3.05, 3.63) is 28.3 Å². The van der Waals surface area contributed by atoms with Crippen LogP contribution in [-0.2, 0) is 0 Å². The normalized spacial score (nSPS) is 11.2. The third kappa shape index (κ3) is 1.90. The molecule has 0 unspecified atom stereocenters. The van der Waals surface area contributed by atoms with Gasteiger partial charge in [0.2, 0.25) is 0 Å². The third-order valence-corrected chi connectivity index (χ3v) is 2.56. The minimum absolute atomic E-state index is 0.128. The zero-order valence-electron chi connectivity index (χ0n) is 8.20. The van der Waals surface area contributed by atoms with E-state index in [1.807, 2.05) is 0 Å². The zero-order chi connectivity index (χ0) is 11.7. The van der Waals surface area contributed by atoms with Gasteiger partial charge in [-0.05, 0) is 12.3 Å². The first-order chi connectivity index (χ1) is 7.61. The zero-order valence-corrected chi connectivity index (χ0v) is 9.02. The van der Waals surface area contributed by atoms with Gasteiger partial charge in [0, 0.05) is 11.6 Å². The van der Waals surface area contributed by atoms with Crippen molar-refractivity contribution in [3.63, 3.8) is 0 Å². The molecule has 2 aromatic rings. The first-order valence-corrected chi connectivity index (χ1v) is 5.56. The minimum atomic E-state index is -2.71. The molecule has 2 heterocycles. The van der Waals surface area contributed by atoms with E-state index in [1.165, 1.54) is 24.0 Å². The van der Waals surface area contributed by atoms with Crippen LogP contribution < -0.4 is 5.56 Å². The van der Waals surface area contributed by atoms with Gasteiger partial charge in [0.25, 0.3) is 12.0 Å². The lowest BCUT2D eigenvalue weighted by Gasteiger charge is -2.02. The van der Waals surface area contributed by atoms with E-state index in [1.54, 1.807) is 6.26 Å². The Hall–Kier alpha value is -1.50. The summed E-state index contributed by atoms with van der Waals surface area (Å²) in [4.78, 5) is 21.5. The van der Waals surface area contributed by atoms with Gasteiger partial charge in [-0.25, -0.2) is 18.7 Å². The quantitative estimate of drug-likeness (QED) is 0.647. The molecule has 1 N–H and O–H groups in total. The monoisotopic (exact) mass is 243 g/mol. The van der Waals surface area contributed by atoms with Crippen LogP contribution in [-0.4, -0.2) is 21.2 Å². The van der Waals surface area contributed by atoms with Crippen molar-refractivity contribution in [1.82, 2.24) is 15.0 Å². The van der Waals surface area contributed by atoms with Crippen LogP contribution in [0.1, 0.15) is 12.1 Å². The Bertz CT molecular complexity index is 584. The molecular formula is C9H7F2N3OS. The number of alkyl halides is 2. The summed E-state index contributed by atoms with van der Waals surface area (Å²) in [5, 5.41) is 0.750. The Kier molecular flexibility index (Phi) is 2.86. The molecule has 0 aliphatic rings. The van der Waals surface area contributed by atoms with Crippen LogP contribution in [0.25, 0.3) is 10.9 Å². The highest BCUT2D eigenvalue weighted by Gasteiger charge is 2.11. The van der Waals surface area contributed by atoms with Gasteiger partial charge in [-0.1, -0.05) is 11.8 Å². The number of halogens is 2. The number of hydrogen-bond acceptors (Lipinski definition) is 4. The maximum atomic E-state index is 12.4. The number of aromatic nitrogens is 3. The average Bonchev–Trinajstić information content (AvgIpc) is 2.28. The molecule has 84 valence electrons. The second-order valence-corrected chi connectivity index (χ2v) is 3.79. The molecule has 2 rings (SSSR count). The summed E-state index contributed by atoms with van der Waals surface area (Å²) in [7, 11) is 0. The molecule has 16 heavy (non-hydrogen) atoms. The van der Waals surface area contributed by atoms with Crippen molar-refractivity contribution >= 4 is 22.7 Å². The summed E-state index contributed by atoms with van der Waals surface area (Å²) in [6.07, 6.45) is 0.426. The van der Waals surface area contributed by atoms with Gasteiger partial charge >= 0.3 is 0 Å². The van der Waals surface area contributed by atoms with E-state index >= 15 is 0 Å². The van der Waals surface area contributed by atoms with Crippen LogP contribution in [0.2, 0.25) is 0 Å². The topological polar surface area (TPSA) is 58.6 Å². The summed E-state index contributed by atoms with van der Waals surface area (Å²) in [5.41, 5.74) is -0.910. The summed E-state index contributed by atoms with van der Waals surface area (Å²) in [5.74, 6) is 0. The Morgan fingerprint density at radius 3 is 2.88 bits per heavy atom. The van der Waals surface area contributed by atoms with E-state index in [0.717, 1.165) is 0 Å². The highest BCUT2D eigenvalue weighted by Crippen LogP contribution is 2.19. The number of pyridine rings is 1. The van der Waals surface area contributed by atoms with Crippen LogP contribution in [0.5, 0.6) is 0 Å². The molecule has 0 bridgehead atoms. The molecule has 0 saturated carbocycles. The lowest BCUT2D eigenvalue weighted by atomic mass is 10.2. The van der Waals surface area contributed by atoms with Crippen LogP contribution >= 0.6 is 11.8 Å². The molecule has 0 saturated heterocycles. The number of rotatable bonds is 2. The molecule has 0 radical (unpaired) electrons. The van der Waals surface area contributed by atoms with Gasteiger partial charge < -0.3 is 4.98 Å². The maximum Gasteiger partial charge on any atom is 0.278 e. The predicted octanol–water partition coefficient (Wildman–Crippen LogP) is 1.98. The van der Waals surface area contributed by atoms with Gasteiger partial charge in [-0.15, -0.1) is 0 Å². The number of H-pyrrole nitrogens is 1. The van der Waals surface area contributed by atoms with E-state index in [4.69, 9.17) is 0 Å². The number of nitrogens with one attached hydrogen (secondary N) is 1. The van der Waals surface area contributed by atoms with E-state index in [-0.39, 0.29) is 5.52 Å². The summed E-state index contributed by atoms with van der Waals surface area (Å²) >= 11 is 1.28. The predicted molar refractivity (Wildman–Crippen MR) is 56.9 cm³/mol. The molecule has 0 aliphatic heterocycles. The number of nitrogens with zero attached hydrogens (tertiary/aromatic N) is 2. The van der Waals surface area contributed by atoms with E-state index in [9.17, 15) is 13.6 Å². The van der Waals surface area contributed by atoms with Crippen LogP contribution in [0.3, 0.4) is 0 Å². The van der Waals surface area contributed by atoms with Crippen LogP contribution in [0.15, 0.2) is 22.2 Å². The molecule has 4 nitrogen and oxygen atoms in total. The summed E-state index contributed by atoms with van der Waals surface area (Å²) < 4.78 is 24.8. The largest absolute Gasteiger partial charge is 0.319 e. The summed E-state index contributed by atoms with van der Waals surface area (Å²) in [6, 6.07) is 1.19. The molecule has 7 heteroatoms. The van der Waals surface area contributed by atoms with Gasteiger partial charge in [0.15, 0.2) is 5.16 Å². The molecule has 2 aromatic heterocycles. The molecule has 0 aliphatic carbocycles. The Morgan fingerprint density at radius 1 is 1.50 bits per heavy atom. The number of aromatic amines is 1. The molecule has 0 atom stereocenters.